The molecule has 0 heterocycles. The molecule has 1 aromatic carbocycles. The average Bonchev–Trinajstić information content (AvgIpc) is 2.27. The first-order chi connectivity index (χ1) is 8.75. The molecule has 0 amide bonds. The summed E-state index contributed by atoms with van der Waals surface area (Å²) in [6.07, 6.45) is -3.98. The molecule has 0 aliphatic heterocycles. The molecular formula is C13H14F4O2. The number of hydrogen-bond acceptors (Lipinski definition) is 2. The van der Waals surface area contributed by atoms with Crippen LogP contribution in [0, 0.1) is 5.82 Å². The van der Waals surface area contributed by atoms with E-state index < -0.39 is 35.2 Å². The minimum absolute atomic E-state index is 0.512. The highest BCUT2D eigenvalue weighted by Crippen LogP contribution is 2.32. The van der Waals surface area contributed by atoms with Gasteiger partial charge >= 0.3 is 12.1 Å². The highest BCUT2D eigenvalue weighted by atomic mass is 19.4. The molecule has 1 atom stereocenters. The molecule has 106 valence electrons. The molecule has 0 saturated carbocycles. The van der Waals surface area contributed by atoms with E-state index in [0.29, 0.717) is 24.6 Å². The van der Waals surface area contributed by atoms with Crippen LogP contribution in [0.2, 0.25) is 0 Å². The van der Waals surface area contributed by atoms with Crippen molar-refractivity contribution >= 4 is 5.97 Å². The number of carbonyl (C=O) groups is 1. The number of carbonyl (C=O) groups excluding carboxylic acids is 1. The summed E-state index contributed by atoms with van der Waals surface area (Å²) in [5.41, 5.74) is -1.99. The van der Waals surface area contributed by atoms with Crippen LogP contribution in [-0.2, 0) is 10.9 Å². The van der Waals surface area contributed by atoms with Gasteiger partial charge in [0.1, 0.15) is 5.82 Å². The summed E-state index contributed by atoms with van der Waals surface area (Å²) in [6.45, 7) is 3.43. The van der Waals surface area contributed by atoms with Crippen molar-refractivity contribution in [1.82, 2.24) is 0 Å². The van der Waals surface area contributed by atoms with Gasteiger partial charge in [-0.15, -0.1) is 0 Å². The fourth-order valence-corrected chi connectivity index (χ4v) is 1.64. The zero-order valence-electron chi connectivity index (χ0n) is 10.6. The maximum absolute atomic E-state index is 13.0. The molecule has 1 rings (SSSR count). The molecule has 1 unspecified atom stereocenters. The third-order valence-electron chi connectivity index (χ3n) is 2.51. The van der Waals surface area contributed by atoms with Crippen molar-refractivity contribution in [3.63, 3.8) is 0 Å². The summed E-state index contributed by atoms with van der Waals surface area (Å²) < 4.78 is 56.0. The molecule has 0 N–H and O–H groups in total. The van der Waals surface area contributed by atoms with Crippen LogP contribution in [0.15, 0.2) is 18.2 Å². The highest BCUT2D eigenvalue weighted by Gasteiger charge is 2.36. The van der Waals surface area contributed by atoms with E-state index in [4.69, 9.17) is 4.74 Å². The molecule has 0 aromatic heterocycles. The number of halogens is 4. The van der Waals surface area contributed by atoms with Crippen LogP contribution in [-0.4, -0.2) is 12.1 Å². The Morgan fingerprint density at radius 1 is 1.37 bits per heavy atom. The van der Waals surface area contributed by atoms with Crippen LogP contribution in [0.25, 0.3) is 0 Å². The Hall–Kier alpha value is -1.59. The first-order valence-electron chi connectivity index (χ1n) is 5.83. The molecule has 2 nitrogen and oxygen atoms in total. The summed E-state index contributed by atoms with van der Waals surface area (Å²) in [5.74, 6) is -2.07. The van der Waals surface area contributed by atoms with E-state index in [0.717, 1.165) is 6.42 Å². The van der Waals surface area contributed by atoms with E-state index in [-0.39, 0.29) is 0 Å². The summed E-state index contributed by atoms with van der Waals surface area (Å²) in [4.78, 5) is 11.7. The topological polar surface area (TPSA) is 26.3 Å². The molecule has 0 saturated heterocycles. The van der Waals surface area contributed by atoms with Gasteiger partial charge in [-0.1, -0.05) is 13.3 Å². The number of hydrogen-bond donors (Lipinski definition) is 0. The van der Waals surface area contributed by atoms with Gasteiger partial charge in [0.05, 0.1) is 17.2 Å². The molecule has 6 heteroatoms. The molecule has 0 aliphatic carbocycles. The Kier molecular flexibility index (Phi) is 4.91. The van der Waals surface area contributed by atoms with Gasteiger partial charge in [-0.05, 0) is 31.5 Å². The minimum atomic E-state index is -4.73. The lowest BCUT2D eigenvalue weighted by Gasteiger charge is -2.15. The fourth-order valence-electron chi connectivity index (χ4n) is 1.64. The largest absolute Gasteiger partial charge is 0.459 e. The molecule has 0 fully saturated rings. The van der Waals surface area contributed by atoms with E-state index in [2.05, 4.69) is 0 Å². The monoisotopic (exact) mass is 278 g/mol. The minimum Gasteiger partial charge on any atom is -0.459 e. The second kappa shape index (κ2) is 6.04. The summed E-state index contributed by atoms with van der Waals surface area (Å²) in [7, 11) is 0. The zero-order valence-corrected chi connectivity index (χ0v) is 10.6. The smallest absolute Gasteiger partial charge is 0.417 e. The summed E-state index contributed by atoms with van der Waals surface area (Å²) in [5, 5.41) is 0. The van der Waals surface area contributed by atoms with Crippen LogP contribution < -0.4 is 0 Å². The van der Waals surface area contributed by atoms with Gasteiger partial charge in [-0.3, -0.25) is 0 Å². The SMILES string of the molecule is CCCC(C)OC(=O)c1cc(F)ccc1C(F)(F)F. The van der Waals surface area contributed by atoms with Crippen LogP contribution in [0.5, 0.6) is 0 Å². The van der Waals surface area contributed by atoms with Gasteiger partial charge in [0.2, 0.25) is 0 Å². The normalized spacial score (nSPS) is 13.2. The number of alkyl halides is 3. The number of ether oxygens (including phenoxy) is 1. The molecule has 0 bridgehead atoms. The van der Waals surface area contributed by atoms with E-state index >= 15 is 0 Å². The van der Waals surface area contributed by atoms with Gasteiger partial charge in [0.15, 0.2) is 0 Å². The van der Waals surface area contributed by atoms with Crippen LogP contribution in [0.4, 0.5) is 17.6 Å². The quantitative estimate of drug-likeness (QED) is 0.609. The van der Waals surface area contributed by atoms with Gasteiger partial charge < -0.3 is 4.74 Å². The predicted octanol–water partition coefficient (Wildman–Crippen LogP) is 4.19. The standard InChI is InChI=1S/C13H14F4O2/c1-3-4-8(2)19-12(18)10-7-9(14)5-6-11(10)13(15,16)17/h5-8H,3-4H2,1-2H3. The lowest BCUT2D eigenvalue weighted by molar-refractivity contribution is -0.138. The lowest BCUT2D eigenvalue weighted by Crippen LogP contribution is -2.19. The second-order valence-corrected chi connectivity index (χ2v) is 4.19. The molecule has 0 spiro atoms. The first-order valence-corrected chi connectivity index (χ1v) is 5.83. The lowest BCUT2D eigenvalue weighted by atomic mass is 10.1. The van der Waals surface area contributed by atoms with Crippen molar-refractivity contribution in [1.29, 1.82) is 0 Å². The Balaban J connectivity index is 3.04. The van der Waals surface area contributed by atoms with Crippen molar-refractivity contribution in [3.05, 3.63) is 35.1 Å². The zero-order chi connectivity index (χ0) is 14.6. The van der Waals surface area contributed by atoms with E-state index in [1.54, 1.807) is 6.92 Å². The highest BCUT2D eigenvalue weighted by molar-refractivity contribution is 5.91. The van der Waals surface area contributed by atoms with E-state index in [1.807, 2.05) is 6.92 Å². The fraction of sp³-hybridized carbons (Fsp3) is 0.462. The maximum Gasteiger partial charge on any atom is 0.417 e. The molecule has 19 heavy (non-hydrogen) atoms. The summed E-state index contributed by atoms with van der Waals surface area (Å²) in [6, 6.07) is 1.75. The van der Waals surface area contributed by atoms with Gasteiger partial charge in [-0.2, -0.15) is 13.2 Å². The van der Waals surface area contributed by atoms with E-state index in [9.17, 15) is 22.4 Å². The Labute approximate surface area is 108 Å². The van der Waals surface area contributed by atoms with Crippen LogP contribution >= 0.6 is 0 Å². The Bertz CT molecular complexity index is 454. The Morgan fingerprint density at radius 3 is 2.53 bits per heavy atom. The third kappa shape index (κ3) is 4.22. The Morgan fingerprint density at radius 2 is 2.00 bits per heavy atom. The maximum atomic E-state index is 13.0. The van der Waals surface area contributed by atoms with Crippen molar-refractivity contribution < 1.29 is 27.1 Å². The molecule has 1 aromatic rings. The van der Waals surface area contributed by atoms with Crippen molar-refractivity contribution in [2.24, 2.45) is 0 Å². The third-order valence-corrected chi connectivity index (χ3v) is 2.51. The van der Waals surface area contributed by atoms with Crippen LogP contribution in [0.3, 0.4) is 0 Å². The summed E-state index contributed by atoms with van der Waals surface area (Å²) >= 11 is 0. The molecule has 0 aliphatic rings. The van der Waals surface area contributed by atoms with Gasteiger partial charge in [0, 0.05) is 0 Å². The average molecular weight is 278 g/mol. The second-order valence-electron chi connectivity index (χ2n) is 4.19. The van der Waals surface area contributed by atoms with Crippen molar-refractivity contribution in [2.45, 2.75) is 39.0 Å². The van der Waals surface area contributed by atoms with E-state index in [1.165, 1.54) is 0 Å². The molecular weight excluding hydrogens is 264 g/mol. The van der Waals surface area contributed by atoms with Crippen molar-refractivity contribution in [2.75, 3.05) is 0 Å². The van der Waals surface area contributed by atoms with Crippen molar-refractivity contribution in [3.8, 4) is 0 Å². The van der Waals surface area contributed by atoms with Gasteiger partial charge in [-0.25, -0.2) is 9.18 Å². The van der Waals surface area contributed by atoms with Crippen LogP contribution in [0.1, 0.15) is 42.6 Å². The number of benzene rings is 1. The van der Waals surface area contributed by atoms with Gasteiger partial charge in [0.25, 0.3) is 0 Å². The number of esters is 1. The first kappa shape index (κ1) is 15.5. The predicted molar refractivity (Wildman–Crippen MR) is 61.2 cm³/mol. The number of rotatable bonds is 4. The molecule has 0 radical (unpaired) electrons.